The van der Waals surface area contributed by atoms with Gasteiger partial charge < -0.3 is 0 Å². The molecule has 0 atom stereocenters. The first-order chi connectivity index (χ1) is 25.3. The molecule has 0 N–H and O–H groups in total. The zero-order valence-electron chi connectivity index (χ0n) is 27.6. The van der Waals surface area contributed by atoms with E-state index in [9.17, 15) is 0 Å². The summed E-state index contributed by atoms with van der Waals surface area (Å²) in [6.07, 6.45) is 0. The third-order valence-corrected chi connectivity index (χ3v) is 12.9. The Labute approximate surface area is 300 Å². The SMILES string of the molecule is c1ccc(-c2ccccc2-c2cc(-n3c4ccccc4c4cc(-n5c6ccccc6c6ccccc65)ccc43)c3c(c2)[se]c2ccccc23)cc1. The van der Waals surface area contributed by atoms with E-state index in [1.807, 2.05) is 0 Å². The molecule has 0 aliphatic heterocycles. The van der Waals surface area contributed by atoms with Gasteiger partial charge in [-0.15, -0.1) is 0 Å². The molecule has 0 unspecified atom stereocenters. The Morgan fingerprint density at radius 1 is 0.333 bits per heavy atom. The first-order valence-corrected chi connectivity index (χ1v) is 19.2. The van der Waals surface area contributed by atoms with Crippen LogP contribution >= 0.6 is 0 Å². The predicted molar refractivity (Wildman–Crippen MR) is 218 cm³/mol. The normalized spacial score (nSPS) is 11.9. The van der Waals surface area contributed by atoms with Crippen molar-refractivity contribution in [3.8, 4) is 33.6 Å². The topological polar surface area (TPSA) is 9.86 Å². The minimum atomic E-state index is 0.209. The molecule has 2 nitrogen and oxygen atoms in total. The van der Waals surface area contributed by atoms with Gasteiger partial charge in [0.2, 0.25) is 0 Å². The van der Waals surface area contributed by atoms with Crippen molar-refractivity contribution in [3.63, 3.8) is 0 Å². The molecule has 238 valence electrons. The van der Waals surface area contributed by atoms with Crippen molar-refractivity contribution in [2.45, 2.75) is 0 Å². The molecule has 3 heteroatoms. The van der Waals surface area contributed by atoms with Crippen molar-refractivity contribution < 1.29 is 0 Å². The summed E-state index contributed by atoms with van der Waals surface area (Å²) in [5, 5.41) is 7.79. The average Bonchev–Trinajstić information content (AvgIpc) is 3.85. The average molecular weight is 714 g/mol. The second-order valence-electron chi connectivity index (χ2n) is 13.3. The molecular weight excluding hydrogens is 684 g/mol. The first kappa shape index (κ1) is 28.7. The number of benzene rings is 8. The van der Waals surface area contributed by atoms with E-state index in [4.69, 9.17) is 0 Å². The molecular formula is C48H30N2Se. The third kappa shape index (κ3) is 4.29. The molecule has 11 rings (SSSR count). The van der Waals surface area contributed by atoms with E-state index in [2.05, 4.69) is 191 Å². The fraction of sp³-hybridized carbons (Fsp3) is 0. The van der Waals surface area contributed by atoms with Crippen LogP contribution in [-0.4, -0.2) is 23.6 Å². The summed E-state index contributed by atoms with van der Waals surface area (Å²) in [5.41, 5.74) is 12.3. The van der Waals surface area contributed by atoms with Crippen LogP contribution in [0.2, 0.25) is 0 Å². The number of rotatable bonds is 4. The van der Waals surface area contributed by atoms with Crippen molar-refractivity contribution in [3.05, 3.63) is 182 Å². The molecule has 0 aliphatic carbocycles. The Bertz CT molecular complexity index is 3090. The van der Waals surface area contributed by atoms with Gasteiger partial charge in [0.05, 0.1) is 0 Å². The zero-order chi connectivity index (χ0) is 33.5. The van der Waals surface area contributed by atoms with Gasteiger partial charge in [0.25, 0.3) is 0 Å². The fourth-order valence-corrected chi connectivity index (χ4v) is 10.8. The Kier molecular flexibility index (Phi) is 6.30. The molecule has 0 saturated heterocycles. The number of hydrogen-bond acceptors (Lipinski definition) is 0. The van der Waals surface area contributed by atoms with Gasteiger partial charge in [-0.3, -0.25) is 0 Å². The molecule has 51 heavy (non-hydrogen) atoms. The molecule has 0 fully saturated rings. The van der Waals surface area contributed by atoms with Gasteiger partial charge in [-0.1, -0.05) is 12.1 Å². The van der Waals surface area contributed by atoms with E-state index in [-0.39, 0.29) is 14.5 Å². The van der Waals surface area contributed by atoms with E-state index in [1.54, 1.807) is 0 Å². The van der Waals surface area contributed by atoms with Crippen LogP contribution in [0.4, 0.5) is 0 Å². The second kappa shape index (κ2) is 11.2. The molecule has 0 spiro atoms. The summed E-state index contributed by atoms with van der Waals surface area (Å²) in [5.74, 6) is 0. The van der Waals surface area contributed by atoms with Crippen LogP contribution in [0.1, 0.15) is 0 Å². The van der Waals surface area contributed by atoms with E-state index in [0.29, 0.717) is 0 Å². The minimum absolute atomic E-state index is 0.209. The van der Waals surface area contributed by atoms with E-state index in [0.717, 1.165) is 0 Å². The van der Waals surface area contributed by atoms with Crippen LogP contribution < -0.4 is 0 Å². The van der Waals surface area contributed by atoms with Crippen LogP contribution in [0.25, 0.3) is 96.5 Å². The van der Waals surface area contributed by atoms with Gasteiger partial charge >= 0.3 is 290 Å². The van der Waals surface area contributed by atoms with E-state index in [1.165, 1.54) is 96.5 Å². The molecule has 11 aromatic rings. The maximum atomic E-state index is 2.53. The molecule has 3 heterocycles. The summed E-state index contributed by atoms with van der Waals surface area (Å²) in [7, 11) is 0. The molecule has 0 saturated carbocycles. The van der Waals surface area contributed by atoms with Gasteiger partial charge in [-0.25, -0.2) is 0 Å². The summed E-state index contributed by atoms with van der Waals surface area (Å²) in [4.78, 5) is 0. The van der Waals surface area contributed by atoms with Crippen LogP contribution in [0.15, 0.2) is 182 Å². The quantitative estimate of drug-likeness (QED) is 0.161. The zero-order valence-corrected chi connectivity index (χ0v) is 29.3. The third-order valence-electron chi connectivity index (χ3n) is 10.5. The molecule has 0 radical (unpaired) electrons. The molecule has 0 bridgehead atoms. The van der Waals surface area contributed by atoms with Crippen LogP contribution in [0.3, 0.4) is 0 Å². The molecule has 0 amide bonds. The van der Waals surface area contributed by atoms with Gasteiger partial charge in [0.15, 0.2) is 0 Å². The van der Waals surface area contributed by atoms with Crippen molar-refractivity contribution in [2.24, 2.45) is 0 Å². The predicted octanol–water partition coefficient (Wildman–Crippen LogP) is 12.6. The van der Waals surface area contributed by atoms with Gasteiger partial charge in [0, 0.05) is 0 Å². The van der Waals surface area contributed by atoms with Gasteiger partial charge in [-0.2, -0.15) is 0 Å². The first-order valence-electron chi connectivity index (χ1n) is 17.4. The molecule has 3 aromatic heterocycles. The van der Waals surface area contributed by atoms with Crippen molar-refractivity contribution in [1.82, 2.24) is 9.13 Å². The van der Waals surface area contributed by atoms with Gasteiger partial charge in [0.1, 0.15) is 0 Å². The fourth-order valence-electron chi connectivity index (χ4n) is 8.33. The second-order valence-corrected chi connectivity index (χ2v) is 15.6. The number of nitrogens with zero attached hydrogens (tertiary/aromatic N) is 2. The Morgan fingerprint density at radius 3 is 1.57 bits per heavy atom. The van der Waals surface area contributed by atoms with Gasteiger partial charge in [-0.05, 0) is 0 Å². The maximum absolute atomic E-state index is 2.53. The Balaban J connectivity index is 1.23. The summed E-state index contributed by atoms with van der Waals surface area (Å²) in [6.45, 7) is 0. The molecule has 8 aromatic carbocycles. The number of hydrogen-bond donors (Lipinski definition) is 0. The van der Waals surface area contributed by atoms with Crippen LogP contribution in [0, 0.1) is 0 Å². The number of aromatic nitrogens is 2. The number of para-hydroxylation sites is 3. The van der Waals surface area contributed by atoms with E-state index >= 15 is 0 Å². The van der Waals surface area contributed by atoms with Crippen LogP contribution in [0.5, 0.6) is 0 Å². The molecule has 0 aliphatic rings. The standard InChI is InChI=1S/C48H30N2Se/c1-2-14-31(15-3-1)34-16-4-5-17-35(34)32-28-45(48-39-21-9-13-25-46(39)51-47(48)29-32)50-43-24-12-8-20-38(43)40-30-33(26-27-44(40)50)49-41-22-10-6-18-36(41)37-19-7-11-23-42(37)49/h1-30H. The number of fused-ring (bicyclic) bond motifs is 9. The van der Waals surface area contributed by atoms with Crippen molar-refractivity contribution in [2.75, 3.05) is 0 Å². The Morgan fingerprint density at radius 2 is 0.863 bits per heavy atom. The summed E-state index contributed by atoms with van der Waals surface area (Å²) >= 11 is 0.209. The van der Waals surface area contributed by atoms with Crippen molar-refractivity contribution in [1.29, 1.82) is 0 Å². The Hall–Kier alpha value is -6.12. The van der Waals surface area contributed by atoms with E-state index < -0.39 is 0 Å². The monoisotopic (exact) mass is 714 g/mol. The summed E-state index contributed by atoms with van der Waals surface area (Å²) < 4.78 is 7.84. The van der Waals surface area contributed by atoms with Crippen molar-refractivity contribution >= 4 is 77.4 Å². The van der Waals surface area contributed by atoms with Crippen LogP contribution in [-0.2, 0) is 0 Å². The summed E-state index contributed by atoms with van der Waals surface area (Å²) in [6, 6.07) is 67.1.